The maximum absolute atomic E-state index is 13.2. The molecule has 4 rings (SSSR count). The minimum atomic E-state index is -4.16. The van der Waals surface area contributed by atoms with Gasteiger partial charge in [-0.15, -0.1) is 11.3 Å². The molecule has 0 amide bonds. The monoisotopic (exact) mass is 426 g/mol. The molecule has 148 valence electrons. The van der Waals surface area contributed by atoms with Gasteiger partial charge in [-0.3, -0.25) is 9.36 Å². The van der Waals surface area contributed by atoms with Gasteiger partial charge in [0.1, 0.15) is 10.5 Å². The maximum Gasteiger partial charge on any atom is 0.391 e. The van der Waals surface area contributed by atoms with Crippen LogP contribution in [0.1, 0.15) is 43.0 Å². The van der Waals surface area contributed by atoms with Crippen molar-refractivity contribution in [1.29, 1.82) is 0 Å². The Balaban J connectivity index is 1.83. The van der Waals surface area contributed by atoms with E-state index in [-0.39, 0.29) is 24.3 Å². The first-order valence-corrected chi connectivity index (χ1v) is 10.3. The smallest absolute Gasteiger partial charge is 0.267 e. The third kappa shape index (κ3) is 3.46. The van der Waals surface area contributed by atoms with E-state index < -0.39 is 12.1 Å². The van der Waals surface area contributed by atoms with Gasteiger partial charge >= 0.3 is 6.18 Å². The summed E-state index contributed by atoms with van der Waals surface area (Å²) in [6.45, 7) is 1.89. The number of halogens is 4. The predicted octanol–water partition coefficient (Wildman–Crippen LogP) is 6.25. The van der Waals surface area contributed by atoms with Gasteiger partial charge in [-0.2, -0.15) is 13.2 Å². The molecule has 2 aromatic heterocycles. The van der Waals surface area contributed by atoms with Crippen molar-refractivity contribution < 1.29 is 13.2 Å². The largest absolute Gasteiger partial charge is 0.391 e. The predicted molar refractivity (Wildman–Crippen MR) is 106 cm³/mol. The Morgan fingerprint density at radius 3 is 2.39 bits per heavy atom. The molecule has 1 aromatic carbocycles. The van der Waals surface area contributed by atoms with Gasteiger partial charge in [-0.25, -0.2) is 4.98 Å². The van der Waals surface area contributed by atoms with Crippen molar-refractivity contribution in [2.45, 2.75) is 44.7 Å². The molecule has 0 unspecified atom stereocenters. The van der Waals surface area contributed by atoms with E-state index in [1.54, 1.807) is 28.8 Å². The molecular formula is C20H18ClF3N2OS. The lowest BCUT2D eigenvalue weighted by Gasteiger charge is -2.30. The highest BCUT2D eigenvalue weighted by atomic mass is 35.5. The zero-order chi connectivity index (χ0) is 20.1. The number of alkyl halides is 3. The molecule has 0 atom stereocenters. The number of hydrogen-bond acceptors (Lipinski definition) is 3. The van der Waals surface area contributed by atoms with Crippen molar-refractivity contribution >= 4 is 33.2 Å². The highest BCUT2D eigenvalue weighted by Gasteiger charge is 2.42. The number of thiophene rings is 1. The number of aryl methyl sites for hydroxylation is 1. The molecule has 1 fully saturated rings. The standard InChI is InChI=1S/C20H18ClF3N2OS/c1-11-10-28-17-16(11)25-18(12-2-4-13(5-3-12)20(22,23)24)26(19(17)27)15-8-6-14(21)7-9-15/h6-10,12-13H,2-5H2,1H3. The van der Waals surface area contributed by atoms with E-state index in [0.717, 1.165) is 5.56 Å². The van der Waals surface area contributed by atoms with Crippen LogP contribution in [-0.4, -0.2) is 15.7 Å². The second-order valence-corrected chi connectivity index (χ2v) is 8.59. The van der Waals surface area contributed by atoms with Crippen LogP contribution in [0, 0.1) is 12.8 Å². The Kier molecular flexibility index (Phi) is 5.00. The van der Waals surface area contributed by atoms with Crippen molar-refractivity contribution in [3.63, 3.8) is 0 Å². The van der Waals surface area contributed by atoms with Gasteiger partial charge in [0.2, 0.25) is 0 Å². The van der Waals surface area contributed by atoms with Gasteiger partial charge in [-0.1, -0.05) is 11.6 Å². The van der Waals surface area contributed by atoms with E-state index >= 15 is 0 Å². The Morgan fingerprint density at radius 2 is 1.79 bits per heavy atom. The molecule has 8 heteroatoms. The first-order valence-electron chi connectivity index (χ1n) is 9.09. The fraction of sp³-hybridized carbons (Fsp3) is 0.400. The van der Waals surface area contributed by atoms with Crippen molar-refractivity contribution in [1.82, 2.24) is 9.55 Å². The SMILES string of the molecule is Cc1csc2c(=O)n(-c3ccc(Cl)cc3)c(C3CCC(C(F)(F)F)CC3)nc12. The molecular weight excluding hydrogens is 409 g/mol. The van der Waals surface area contributed by atoms with Crippen LogP contribution in [0.25, 0.3) is 15.9 Å². The van der Waals surface area contributed by atoms with Crippen LogP contribution >= 0.6 is 22.9 Å². The summed E-state index contributed by atoms with van der Waals surface area (Å²) in [6, 6.07) is 6.86. The summed E-state index contributed by atoms with van der Waals surface area (Å²) in [6.07, 6.45) is -3.32. The van der Waals surface area contributed by atoms with E-state index in [4.69, 9.17) is 16.6 Å². The molecule has 0 bridgehead atoms. The Hall–Kier alpha value is -1.86. The molecule has 0 saturated heterocycles. The number of rotatable bonds is 2. The van der Waals surface area contributed by atoms with Crippen molar-refractivity contribution in [3.8, 4) is 5.69 Å². The first-order chi connectivity index (χ1) is 13.3. The van der Waals surface area contributed by atoms with Crippen molar-refractivity contribution in [2.75, 3.05) is 0 Å². The fourth-order valence-corrected chi connectivity index (χ4v) is 4.93. The molecule has 1 saturated carbocycles. The Bertz CT molecular complexity index is 1060. The second kappa shape index (κ2) is 7.19. The third-order valence-corrected chi connectivity index (χ3v) is 6.76. The van der Waals surface area contributed by atoms with E-state index in [1.807, 2.05) is 12.3 Å². The maximum atomic E-state index is 13.2. The average Bonchev–Trinajstić information content (AvgIpc) is 3.03. The van der Waals surface area contributed by atoms with Crippen LogP contribution in [0.2, 0.25) is 5.02 Å². The normalized spacial score (nSPS) is 20.6. The molecule has 3 nitrogen and oxygen atoms in total. The molecule has 0 radical (unpaired) electrons. The lowest BCUT2D eigenvalue weighted by molar-refractivity contribution is -0.182. The summed E-state index contributed by atoms with van der Waals surface area (Å²) in [7, 11) is 0. The van der Waals surface area contributed by atoms with E-state index in [1.165, 1.54) is 11.3 Å². The fourth-order valence-electron chi connectivity index (χ4n) is 3.89. The second-order valence-electron chi connectivity index (χ2n) is 7.27. The molecule has 1 aliphatic rings. The van der Waals surface area contributed by atoms with Gasteiger partial charge in [0.15, 0.2) is 0 Å². The molecule has 28 heavy (non-hydrogen) atoms. The average molecular weight is 427 g/mol. The first kappa shape index (κ1) is 19.5. The molecule has 0 spiro atoms. The van der Waals surface area contributed by atoms with Crippen molar-refractivity contribution in [3.05, 3.63) is 56.4 Å². The van der Waals surface area contributed by atoms with Crippen molar-refractivity contribution in [2.24, 2.45) is 5.92 Å². The summed E-state index contributed by atoms with van der Waals surface area (Å²) >= 11 is 7.32. The Morgan fingerprint density at radius 1 is 1.14 bits per heavy atom. The van der Waals surface area contributed by atoms with E-state index in [0.29, 0.717) is 39.6 Å². The lowest BCUT2D eigenvalue weighted by atomic mass is 9.81. The zero-order valence-electron chi connectivity index (χ0n) is 15.1. The number of nitrogens with zero attached hydrogens (tertiary/aromatic N) is 2. The van der Waals surface area contributed by atoms with Gasteiger partial charge in [0.25, 0.3) is 5.56 Å². The molecule has 2 heterocycles. The topological polar surface area (TPSA) is 34.9 Å². The van der Waals surface area contributed by atoms with Crippen LogP contribution in [0.4, 0.5) is 13.2 Å². The summed E-state index contributed by atoms with van der Waals surface area (Å²) in [5, 5.41) is 2.43. The minimum absolute atomic E-state index is 0.0608. The van der Waals surface area contributed by atoms with Crippen LogP contribution in [0.15, 0.2) is 34.4 Å². The summed E-state index contributed by atoms with van der Waals surface area (Å²) in [5.41, 5.74) is 2.00. The Labute approximate surface area is 168 Å². The number of benzene rings is 1. The summed E-state index contributed by atoms with van der Waals surface area (Å²) in [5.74, 6) is -0.918. The quantitative estimate of drug-likeness (QED) is 0.485. The summed E-state index contributed by atoms with van der Waals surface area (Å²) in [4.78, 5) is 18.0. The third-order valence-electron chi connectivity index (χ3n) is 5.44. The molecule has 0 N–H and O–H groups in total. The van der Waals surface area contributed by atoms with Crippen LogP contribution in [0.5, 0.6) is 0 Å². The molecule has 0 aliphatic heterocycles. The minimum Gasteiger partial charge on any atom is -0.267 e. The molecule has 1 aliphatic carbocycles. The van der Waals surface area contributed by atoms with E-state index in [9.17, 15) is 18.0 Å². The number of hydrogen-bond donors (Lipinski definition) is 0. The number of fused-ring (bicyclic) bond motifs is 1. The van der Waals surface area contributed by atoms with Gasteiger partial charge < -0.3 is 0 Å². The van der Waals surface area contributed by atoms with E-state index in [2.05, 4.69) is 0 Å². The summed E-state index contributed by atoms with van der Waals surface area (Å²) < 4.78 is 41.3. The van der Waals surface area contributed by atoms with Crippen LogP contribution in [0.3, 0.4) is 0 Å². The highest BCUT2D eigenvalue weighted by Crippen LogP contribution is 2.43. The highest BCUT2D eigenvalue weighted by molar-refractivity contribution is 7.17. The zero-order valence-corrected chi connectivity index (χ0v) is 16.7. The lowest BCUT2D eigenvalue weighted by Crippen LogP contribution is -2.30. The van der Waals surface area contributed by atoms with Gasteiger partial charge in [0, 0.05) is 10.9 Å². The molecule has 3 aromatic rings. The number of aromatic nitrogens is 2. The van der Waals surface area contributed by atoms with Crippen LogP contribution < -0.4 is 5.56 Å². The van der Waals surface area contributed by atoms with Crippen LogP contribution in [-0.2, 0) is 0 Å². The van der Waals surface area contributed by atoms with Gasteiger partial charge in [0.05, 0.1) is 17.1 Å². The van der Waals surface area contributed by atoms with Gasteiger partial charge in [-0.05, 0) is 67.8 Å².